The Labute approximate surface area is 204 Å². The number of phosphoric acid groups is 3. The molecule has 17 heteroatoms. The van der Waals surface area contributed by atoms with E-state index in [0.717, 1.165) is 5.56 Å². The zero-order valence-electron chi connectivity index (χ0n) is 18.6. The average molecular weight is 567 g/mol. The van der Waals surface area contributed by atoms with Gasteiger partial charge in [0, 0.05) is 31.1 Å². The van der Waals surface area contributed by atoms with Gasteiger partial charge in [-0.3, -0.25) is 14.6 Å². The van der Waals surface area contributed by atoms with E-state index < -0.39 is 46.3 Å². The van der Waals surface area contributed by atoms with Gasteiger partial charge in [-0.25, -0.2) is 13.7 Å². The van der Waals surface area contributed by atoms with Crippen LogP contribution in [0.3, 0.4) is 0 Å². The largest absolute Gasteiger partial charge is 0.536 e. The Kier molecular flexibility index (Phi) is 6.04. The lowest BCUT2D eigenvalue weighted by molar-refractivity contribution is -0.187. The Morgan fingerprint density at radius 1 is 1.14 bits per heavy atom. The van der Waals surface area contributed by atoms with E-state index in [1.165, 1.54) is 6.07 Å². The molecule has 1 aromatic rings. The zero-order valence-corrected chi connectivity index (χ0v) is 21.3. The molecule has 2 heterocycles. The van der Waals surface area contributed by atoms with Gasteiger partial charge in [0.15, 0.2) is 23.4 Å². The predicted molar refractivity (Wildman–Crippen MR) is 120 cm³/mol. The highest BCUT2D eigenvalue weighted by Gasteiger charge is 2.73. The summed E-state index contributed by atoms with van der Waals surface area (Å²) >= 11 is 0. The Morgan fingerprint density at radius 2 is 1.86 bits per heavy atom. The molecule has 5 N–H and O–H groups in total. The lowest BCUT2D eigenvalue weighted by Crippen LogP contribution is -2.76. The molecule has 36 heavy (non-hydrogen) atoms. The molecule has 0 radical (unpaired) electrons. The summed E-state index contributed by atoms with van der Waals surface area (Å²) in [5.41, 5.74) is -1.28. The SMILES string of the molecule is C=CCN1CC[C@]23c4c5ccc(OP(=O)(O)OP(=O)(O)OP(=O)(O)O)c4O[C@H]2C(=O)CC[C@@]3(O)C1C5. The topological polar surface area (TPSA) is 210 Å². The molecule has 1 saturated carbocycles. The molecule has 5 rings (SSSR count). The molecule has 14 nitrogen and oxygen atoms in total. The minimum atomic E-state index is -5.73. The van der Waals surface area contributed by atoms with Crippen LogP contribution in [0.2, 0.25) is 0 Å². The van der Waals surface area contributed by atoms with Gasteiger partial charge in [0.2, 0.25) is 0 Å². The fraction of sp³-hybridized carbons (Fsp3) is 0.526. The highest BCUT2D eigenvalue weighted by molar-refractivity contribution is 7.66. The number of carbonyl (C=O) groups excluding carboxylic acids is 1. The van der Waals surface area contributed by atoms with Gasteiger partial charge < -0.3 is 29.0 Å². The number of benzene rings is 1. The van der Waals surface area contributed by atoms with Gasteiger partial charge in [-0.15, -0.1) is 6.58 Å². The maximum absolute atomic E-state index is 13.0. The normalized spacial score (nSPS) is 34.2. The maximum atomic E-state index is 13.0. The predicted octanol–water partition coefficient (Wildman–Crippen LogP) is 1.30. The standard InChI is InChI=1S/C19H24NO13P3/c1-2-8-20-9-7-18-15-11-3-4-13(31-35(26,27)33-36(28,29)32-34(23,24)25)16(15)30-17(18)12(21)5-6-19(18,22)14(20)10-11/h2-4,14,17,22H,1,5-10H2,(H,26,27)(H,28,29)(H2,23,24,25)/t14?,17-,18-,19+/m0/s1. The van der Waals surface area contributed by atoms with Crippen molar-refractivity contribution in [2.45, 2.75) is 48.8 Å². The van der Waals surface area contributed by atoms with Crippen molar-refractivity contribution in [1.29, 1.82) is 0 Å². The van der Waals surface area contributed by atoms with E-state index in [-0.39, 0.29) is 30.4 Å². The van der Waals surface area contributed by atoms with Gasteiger partial charge in [0.1, 0.15) is 0 Å². The number of Topliss-reactive ketones (excluding diaryl/α,β-unsaturated/α-hetero) is 1. The second-order valence-electron chi connectivity index (χ2n) is 9.22. The van der Waals surface area contributed by atoms with Gasteiger partial charge in [-0.1, -0.05) is 12.1 Å². The molecule has 6 atom stereocenters. The van der Waals surface area contributed by atoms with Crippen molar-refractivity contribution in [2.75, 3.05) is 13.1 Å². The van der Waals surface area contributed by atoms with Crippen LogP contribution >= 0.6 is 23.5 Å². The fourth-order valence-electron chi connectivity index (χ4n) is 6.28. The Balaban J connectivity index is 1.56. The van der Waals surface area contributed by atoms with Gasteiger partial charge in [0.05, 0.1) is 11.0 Å². The van der Waals surface area contributed by atoms with Crippen molar-refractivity contribution < 1.29 is 61.1 Å². The van der Waals surface area contributed by atoms with E-state index in [2.05, 4.69) is 20.1 Å². The molecule has 0 aromatic heterocycles. The molecule has 4 aliphatic rings. The molecular formula is C19H24NO13P3. The van der Waals surface area contributed by atoms with E-state index in [1.54, 1.807) is 12.1 Å². The number of nitrogens with zero attached hydrogens (tertiary/aromatic N) is 1. The summed E-state index contributed by atoms with van der Waals surface area (Å²) in [5, 5.41) is 12.1. The second-order valence-corrected chi connectivity index (χ2v) is 13.6. The maximum Gasteiger partial charge on any atom is 0.536 e. The number of hydrogen-bond acceptors (Lipinski definition) is 10. The number of ether oxygens (including phenoxy) is 1. The number of piperidine rings is 1. The highest BCUT2D eigenvalue weighted by Crippen LogP contribution is 2.69. The molecular weight excluding hydrogens is 543 g/mol. The summed E-state index contributed by atoms with van der Waals surface area (Å²) in [6.07, 6.45) is 1.67. The van der Waals surface area contributed by atoms with Crippen LogP contribution in [-0.4, -0.2) is 66.2 Å². The molecule has 2 fully saturated rings. The van der Waals surface area contributed by atoms with Crippen molar-refractivity contribution in [2.24, 2.45) is 0 Å². The first-order valence-electron chi connectivity index (χ1n) is 10.9. The molecule has 2 aliphatic heterocycles. The molecule has 2 bridgehead atoms. The van der Waals surface area contributed by atoms with Crippen molar-refractivity contribution >= 4 is 29.3 Å². The van der Waals surface area contributed by atoms with Crippen LogP contribution < -0.4 is 9.26 Å². The van der Waals surface area contributed by atoms with E-state index in [9.17, 15) is 33.4 Å². The van der Waals surface area contributed by atoms with Gasteiger partial charge >= 0.3 is 23.5 Å². The molecule has 1 spiro atoms. The summed E-state index contributed by atoms with van der Waals surface area (Å²) < 4.78 is 53.6. The van der Waals surface area contributed by atoms with Crippen molar-refractivity contribution in [3.8, 4) is 11.5 Å². The summed E-state index contributed by atoms with van der Waals surface area (Å²) in [7, 11) is -16.8. The minimum Gasteiger partial charge on any atom is -0.477 e. The number of hydrogen-bond donors (Lipinski definition) is 5. The summed E-state index contributed by atoms with van der Waals surface area (Å²) in [6, 6.07) is 2.50. The third-order valence-electron chi connectivity index (χ3n) is 7.35. The second kappa shape index (κ2) is 8.30. The number of carbonyl (C=O) groups is 1. The van der Waals surface area contributed by atoms with Crippen LogP contribution in [0.25, 0.3) is 0 Å². The summed E-state index contributed by atoms with van der Waals surface area (Å²) in [6.45, 7) is 4.86. The molecule has 1 saturated heterocycles. The third kappa shape index (κ3) is 3.97. The lowest BCUT2D eigenvalue weighted by atomic mass is 9.49. The van der Waals surface area contributed by atoms with Crippen LogP contribution in [0.5, 0.6) is 11.5 Å². The molecule has 0 amide bonds. The number of rotatable bonds is 8. The lowest BCUT2D eigenvalue weighted by Gasteiger charge is -2.62. The first kappa shape index (κ1) is 26.2. The van der Waals surface area contributed by atoms with Crippen LogP contribution in [0.4, 0.5) is 0 Å². The summed E-state index contributed by atoms with van der Waals surface area (Å²) in [4.78, 5) is 52.0. The van der Waals surface area contributed by atoms with Crippen LogP contribution in [0.15, 0.2) is 24.8 Å². The molecule has 3 unspecified atom stereocenters. The number of likely N-dealkylation sites (tertiary alicyclic amines) is 1. The van der Waals surface area contributed by atoms with E-state index in [1.807, 2.05) is 0 Å². The van der Waals surface area contributed by atoms with Gasteiger partial charge in [-0.05, 0) is 30.9 Å². The number of phosphoric ester groups is 1. The van der Waals surface area contributed by atoms with Gasteiger partial charge in [0.25, 0.3) is 0 Å². The Bertz CT molecular complexity index is 1300. The van der Waals surface area contributed by atoms with Crippen LogP contribution in [-0.2, 0) is 38.9 Å². The minimum absolute atomic E-state index is 0.0653. The number of ketones is 1. The van der Waals surface area contributed by atoms with Crippen LogP contribution in [0.1, 0.15) is 30.4 Å². The fourth-order valence-corrected chi connectivity index (χ4v) is 9.31. The van der Waals surface area contributed by atoms with Crippen molar-refractivity contribution in [3.05, 3.63) is 35.9 Å². The van der Waals surface area contributed by atoms with Crippen molar-refractivity contribution in [1.82, 2.24) is 4.90 Å². The van der Waals surface area contributed by atoms with Gasteiger partial charge in [-0.2, -0.15) is 8.62 Å². The molecule has 2 aliphatic carbocycles. The zero-order chi connectivity index (χ0) is 26.3. The van der Waals surface area contributed by atoms with E-state index >= 15 is 0 Å². The van der Waals surface area contributed by atoms with Crippen molar-refractivity contribution in [3.63, 3.8) is 0 Å². The Hall–Kier alpha value is -1.40. The van der Waals surface area contributed by atoms with E-state index in [4.69, 9.17) is 19.0 Å². The third-order valence-corrected chi connectivity index (χ3v) is 11.1. The average Bonchev–Trinajstić information content (AvgIpc) is 3.07. The summed E-state index contributed by atoms with van der Waals surface area (Å²) in [5.74, 6) is -0.742. The van der Waals surface area contributed by atoms with Crippen LogP contribution in [0, 0.1) is 0 Å². The quantitative estimate of drug-likeness (QED) is 0.222. The van der Waals surface area contributed by atoms with E-state index in [0.29, 0.717) is 31.5 Å². The first-order chi connectivity index (χ1) is 16.6. The highest BCUT2D eigenvalue weighted by atomic mass is 31.3. The molecule has 1 aromatic carbocycles. The molecule has 198 valence electrons. The first-order valence-corrected chi connectivity index (χ1v) is 15.4. The smallest absolute Gasteiger partial charge is 0.477 e. The monoisotopic (exact) mass is 567 g/mol. The Morgan fingerprint density at radius 3 is 2.53 bits per heavy atom. The number of aliphatic hydroxyl groups is 1.